The SMILES string of the molecule is CC(C)=CCN1CCC[C@@H](c2[nH]ncc2-c2cc(F)ccc2F)C1. The minimum absolute atomic E-state index is 0.254. The van der Waals surface area contributed by atoms with Crippen molar-refractivity contribution in [2.24, 2.45) is 0 Å². The van der Waals surface area contributed by atoms with Crippen LogP contribution in [-0.4, -0.2) is 34.7 Å². The zero-order valence-electron chi connectivity index (χ0n) is 14.1. The Morgan fingerprint density at radius 1 is 1.33 bits per heavy atom. The van der Waals surface area contributed by atoms with E-state index in [1.807, 2.05) is 0 Å². The molecule has 0 saturated carbocycles. The fourth-order valence-electron chi connectivity index (χ4n) is 3.29. The van der Waals surface area contributed by atoms with E-state index in [9.17, 15) is 8.78 Å². The minimum Gasteiger partial charge on any atom is -0.299 e. The van der Waals surface area contributed by atoms with Gasteiger partial charge in [0.05, 0.1) is 6.20 Å². The van der Waals surface area contributed by atoms with E-state index < -0.39 is 11.6 Å². The van der Waals surface area contributed by atoms with Gasteiger partial charge in [0.1, 0.15) is 11.6 Å². The van der Waals surface area contributed by atoms with E-state index in [1.165, 1.54) is 17.7 Å². The molecule has 24 heavy (non-hydrogen) atoms. The van der Waals surface area contributed by atoms with Crippen LogP contribution in [0.5, 0.6) is 0 Å². The number of likely N-dealkylation sites (tertiary alicyclic amines) is 1. The highest BCUT2D eigenvalue weighted by Gasteiger charge is 2.25. The Bertz CT molecular complexity index is 732. The molecule has 1 aliphatic rings. The molecule has 1 fully saturated rings. The molecule has 0 spiro atoms. The number of rotatable bonds is 4. The highest BCUT2D eigenvalue weighted by molar-refractivity contribution is 5.66. The van der Waals surface area contributed by atoms with Crippen molar-refractivity contribution in [1.29, 1.82) is 0 Å². The fraction of sp³-hybridized carbons (Fsp3) is 0.421. The van der Waals surface area contributed by atoms with E-state index in [-0.39, 0.29) is 11.5 Å². The van der Waals surface area contributed by atoms with Crippen molar-refractivity contribution in [2.45, 2.75) is 32.6 Å². The van der Waals surface area contributed by atoms with Crippen LogP contribution in [0.1, 0.15) is 38.3 Å². The molecule has 1 aliphatic heterocycles. The van der Waals surface area contributed by atoms with Crippen molar-refractivity contribution in [2.75, 3.05) is 19.6 Å². The first kappa shape index (κ1) is 16.8. The Balaban J connectivity index is 1.84. The third-order valence-electron chi connectivity index (χ3n) is 4.56. The number of aromatic nitrogens is 2. The Morgan fingerprint density at radius 2 is 2.17 bits per heavy atom. The monoisotopic (exact) mass is 331 g/mol. The summed E-state index contributed by atoms with van der Waals surface area (Å²) in [6, 6.07) is 3.55. The molecule has 1 atom stereocenters. The van der Waals surface area contributed by atoms with Gasteiger partial charge in [-0.3, -0.25) is 10.00 Å². The second-order valence-electron chi connectivity index (χ2n) is 6.70. The van der Waals surface area contributed by atoms with E-state index in [1.54, 1.807) is 6.20 Å². The van der Waals surface area contributed by atoms with E-state index in [4.69, 9.17) is 0 Å². The van der Waals surface area contributed by atoms with Gasteiger partial charge in [0.2, 0.25) is 0 Å². The Labute approximate surface area is 141 Å². The minimum atomic E-state index is -0.438. The van der Waals surface area contributed by atoms with Gasteiger partial charge in [0.25, 0.3) is 0 Å². The molecule has 0 amide bonds. The lowest BCUT2D eigenvalue weighted by Gasteiger charge is -2.32. The summed E-state index contributed by atoms with van der Waals surface area (Å²) in [6.45, 7) is 7.09. The molecule has 0 aliphatic carbocycles. The quantitative estimate of drug-likeness (QED) is 0.837. The average Bonchev–Trinajstić information content (AvgIpc) is 3.05. The maximum absolute atomic E-state index is 14.1. The van der Waals surface area contributed by atoms with Crippen LogP contribution in [0, 0.1) is 11.6 Å². The van der Waals surface area contributed by atoms with Crippen molar-refractivity contribution in [1.82, 2.24) is 15.1 Å². The lowest BCUT2D eigenvalue weighted by atomic mass is 9.90. The molecule has 2 heterocycles. The zero-order valence-corrected chi connectivity index (χ0v) is 14.1. The molecule has 0 unspecified atom stereocenters. The van der Waals surface area contributed by atoms with Crippen molar-refractivity contribution in [3.8, 4) is 11.1 Å². The summed E-state index contributed by atoms with van der Waals surface area (Å²) in [4.78, 5) is 2.40. The maximum atomic E-state index is 14.1. The molecule has 1 saturated heterocycles. The second kappa shape index (κ2) is 7.26. The van der Waals surface area contributed by atoms with Crippen LogP contribution in [0.3, 0.4) is 0 Å². The molecule has 128 valence electrons. The third kappa shape index (κ3) is 3.73. The number of hydrogen-bond acceptors (Lipinski definition) is 2. The number of nitrogens with one attached hydrogen (secondary N) is 1. The normalized spacial score (nSPS) is 18.6. The molecule has 1 aromatic carbocycles. The maximum Gasteiger partial charge on any atom is 0.131 e. The third-order valence-corrected chi connectivity index (χ3v) is 4.56. The van der Waals surface area contributed by atoms with Gasteiger partial charge < -0.3 is 0 Å². The molecule has 0 radical (unpaired) electrons. The van der Waals surface area contributed by atoms with E-state index in [0.717, 1.165) is 44.2 Å². The molecular weight excluding hydrogens is 308 g/mol. The van der Waals surface area contributed by atoms with Crippen LogP contribution in [0.2, 0.25) is 0 Å². The second-order valence-corrected chi connectivity index (χ2v) is 6.70. The Kier molecular flexibility index (Phi) is 5.09. The molecule has 5 heteroatoms. The van der Waals surface area contributed by atoms with Crippen molar-refractivity contribution in [3.05, 3.63) is 53.4 Å². The number of nitrogens with zero attached hydrogens (tertiary/aromatic N) is 2. The largest absolute Gasteiger partial charge is 0.299 e. The van der Waals surface area contributed by atoms with Gasteiger partial charge in [0.15, 0.2) is 0 Å². The predicted molar refractivity (Wildman–Crippen MR) is 91.8 cm³/mol. The van der Waals surface area contributed by atoms with Gasteiger partial charge in [-0.15, -0.1) is 0 Å². The summed E-state index contributed by atoms with van der Waals surface area (Å²) in [5.74, 6) is -0.604. The first-order chi connectivity index (χ1) is 11.5. The lowest BCUT2D eigenvalue weighted by molar-refractivity contribution is 0.226. The zero-order chi connectivity index (χ0) is 17.1. The van der Waals surface area contributed by atoms with E-state index in [0.29, 0.717) is 5.56 Å². The molecule has 0 bridgehead atoms. The topological polar surface area (TPSA) is 31.9 Å². The number of H-pyrrole nitrogens is 1. The first-order valence-corrected chi connectivity index (χ1v) is 8.39. The number of piperidine rings is 1. The Morgan fingerprint density at radius 3 is 2.96 bits per heavy atom. The summed E-state index contributed by atoms with van der Waals surface area (Å²) in [6.07, 6.45) is 5.94. The van der Waals surface area contributed by atoms with Crippen molar-refractivity contribution in [3.63, 3.8) is 0 Å². The van der Waals surface area contributed by atoms with Gasteiger partial charge in [-0.2, -0.15) is 5.10 Å². The van der Waals surface area contributed by atoms with Crippen molar-refractivity contribution >= 4 is 0 Å². The summed E-state index contributed by atoms with van der Waals surface area (Å²) < 4.78 is 27.7. The van der Waals surface area contributed by atoms with Crippen LogP contribution < -0.4 is 0 Å². The summed E-state index contributed by atoms with van der Waals surface area (Å²) in [7, 11) is 0. The van der Waals surface area contributed by atoms with Gasteiger partial charge in [0, 0.05) is 35.8 Å². The van der Waals surface area contributed by atoms with Crippen LogP contribution >= 0.6 is 0 Å². The summed E-state index contributed by atoms with van der Waals surface area (Å²) in [5, 5.41) is 7.12. The highest BCUT2D eigenvalue weighted by Crippen LogP contribution is 2.34. The predicted octanol–water partition coefficient (Wildman–Crippen LogP) is 4.50. The molecule has 2 aromatic rings. The smallest absolute Gasteiger partial charge is 0.131 e. The standard InChI is InChI=1S/C19H23F2N3/c1-13(2)7-9-24-8-3-4-14(12-24)19-17(11-22-23-19)16-10-15(20)5-6-18(16)21/h5-7,10-11,14H,3-4,8-9,12H2,1-2H3,(H,22,23)/t14-/m1/s1. The van der Waals surface area contributed by atoms with Gasteiger partial charge >= 0.3 is 0 Å². The molecule has 3 nitrogen and oxygen atoms in total. The van der Waals surface area contributed by atoms with Crippen LogP contribution in [0.15, 0.2) is 36.0 Å². The highest BCUT2D eigenvalue weighted by atomic mass is 19.1. The van der Waals surface area contributed by atoms with Crippen LogP contribution in [0.25, 0.3) is 11.1 Å². The molecular formula is C19H23F2N3. The fourth-order valence-corrected chi connectivity index (χ4v) is 3.29. The van der Waals surface area contributed by atoms with Gasteiger partial charge in [-0.1, -0.05) is 11.6 Å². The number of hydrogen-bond donors (Lipinski definition) is 1. The molecule has 1 N–H and O–H groups in total. The van der Waals surface area contributed by atoms with Crippen molar-refractivity contribution < 1.29 is 8.78 Å². The number of allylic oxidation sites excluding steroid dienone is 1. The number of aromatic amines is 1. The molecule has 3 rings (SSSR count). The van der Waals surface area contributed by atoms with Gasteiger partial charge in [-0.25, -0.2) is 8.78 Å². The van der Waals surface area contributed by atoms with Crippen LogP contribution in [0.4, 0.5) is 8.78 Å². The van der Waals surface area contributed by atoms with E-state index >= 15 is 0 Å². The van der Waals surface area contributed by atoms with E-state index in [2.05, 4.69) is 35.0 Å². The summed E-state index contributed by atoms with van der Waals surface area (Å²) in [5.41, 5.74) is 3.16. The lowest BCUT2D eigenvalue weighted by Crippen LogP contribution is -2.34. The number of benzene rings is 1. The summed E-state index contributed by atoms with van der Waals surface area (Å²) >= 11 is 0. The van der Waals surface area contributed by atoms with Crippen LogP contribution in [-0.2, 0) is 0 Å². The van der Waals surface area contributed by atoms with Gasteiger partial charge in [-0.05, 0) is 51.4 Å². The number of halogens is 2. The Hall–Kier alpha value is -2.01. The molecule has 1 aromatic heterocycles. The first-order valence-electron chi connectivity index (χ1n) is 8.39. The average molecular weight is 331 g/mol.